The first-order chi connectivity index (χ1) is 8.04. The Morgan fingerprint density at radius 1 is 1.41 bits per heavy atom. The Bertz CT molecular complexity index is 401. The van der Waals surface area contributed by atoms with E-state index in [1.165, 1.54) is 28.6 Å². The molecule has 1 aliphatic rings. The van der Waals surface area contributed by atoms with Crippen LogP contribution < -0.4 is 10.6 Å². The smallest absolute Gasteiger partial charge is 0.0515 e. The predicted octanol–water partition coefficient (Wildman–Crippen LogP) is 3.33. The number of rotatable bonds is 3. The molecule has 0 unspecified atom stereocenters. The number of hydrogen-bond acceptors (Lipinski definition) is 2. The summed E-state index contributed by atoms with van der Waals surface area (Å²) in [6.07, 6.45) is 3.50. The van der Waals surface area contributed by atoms with Crippen LogP contribution in [0.1, 0.15) is 32.3 Å². The molecule has 1 heterocycles. The van der Waals surface area contributed by atoms with Gasteiger partial charge in [-0.1, -0.05) is 6.07 Å². The summed E-state index contributed by atoms with van der Waals surface area (Å²) in [6, 6.07) is 6.63. The Kier molecular flexibility index (Phi) is 3.79. The number of nitrogens with two attached hydrogens (primary N) is 1. The highest BCUT2D eigenvalue weighted by atomic mass is 79.9. The van der Waals surface area contributed by atoms with Gasteiger partial charge >= 0.3 is 0 Å². The van der Waals surface area contributed by atoms with Crippen molar-refractivity contribution in [3.8, 4) is 0 Å². The Balaban J connectivity index is 2.27. The van der Waals surface area contributed by atoms with Crippen LogP contribution in [0.4, 0.5) is 5.69 Å². The molecule has 1 aliphatic heterocycles. The van der Waals surface area contributed by atoms with Crippen molar-refractivity contribution in [2.24, 2.45) is 5.73 Å². The number of nitrogens with zero attached hydrogens (tertiary/aromatic N) is 1. The zero-order valence-corrected chi connectivity index (χ0v) is 12.3. The van der Waals surface area contributed by atoms with Gasteiger partial charge < -0.3 is 10.6 Å². The molecule has 1 aromatic carbocycles. The first-order valence-electron chi connectivity index (χ1n) is 6.31. The lowest BCUT2D eigenvalue weighted by molar-refractivity contribution is 0.517. The van der Waals surface area contributed by atoms with Gasteiger partial charge in [0.25, 0.3) is 0 Å². The van der Waals surface area contributed by atoms with Crippen molar-refractivity contribution in [1.82, 2.24) is 0 Å². The SMILES string of the molecule is CC1(C)CCCN1c1ccc(CCN)cc1Br. The normalized spacial score (nSPS) is 18.7. The molecule has 2 nitrogen and oxygen atoms in total. The van der Waals surface area contributed by atoms with Gasteiger partial charge in [0.05, 0.1) is 5.69 Å². The van der Waals surface area contributed by atoms with Crippen LogP contribution in [0.25, 0.3) is 0 Å². The van der Waals surface area contributed by atoms with E-state index in [-0.39, 0.29) is 5.54 Å². The average Bonchev–Trinajstić information content (AvgIpc) is 2.59. The second-order valence-electron chi connectivity index (χ2n) is 5.39. The number of benzene rings is 1. The summed E-state index contributed by atoms with van der Waals surface area (Å²) in [6.45, 7) is 6.50. The fourth-order valence-electron chi connectivity index (χ4n) is 2.65. The quantitative estimate of drug-likeness (QED) is 0.927. The summed E-state index contributed by atoms with van der Waals surface area (Å²) in [5, 5.41) is 0. The van der Waals surface area contributed by atoms with Crippen LogP contribution >= 0.6 is 15.9 Å². The second-order valence-corrected chi connectivity index (χ2v) is 6.25. The Morgan fingerprint density at radius 2 is 2.18 bits per heavy atom. The van der Waals surface area contributed by atoms with Crippen LogP contribution in [0.3, 0.4) is 0 Å². The van der Waals surface area contributed by atoms with Gasteiger partial charge in [0.2, 0.25) is 0 Å². The molecule has 2 N–H and O–H groups in total. The molecule has 0 atom stereocenters. The molecule has 1 aromatic rings. The van der Waals surface area contributed by atoms with E-state index in [0.29, 0.717) is 6.54 Å². The lowest BCUT2D eigenvalue weighted by Crippen LogP contribution is -2.38. The lowest BCUT2D eigenvalue weighted by Gasteiger charge is -2.34. The third-order valence-electron chi connectivity index (χ3n) is 3.64. The van der Waals surface area contributed by atoms with E-state index in [1.807, 2.05) is 0 Å². The van der Waals surface area contributed by atoms with Gasteiger partial charge in [0.15, 0.2) is 0 Å². The Labute approximate surface area is 112 Å². The van der Waals surface area contributed by atoms with Crippen molar-refractivity contribution in [3.63, 3.8) is 0 Å². The van der Waals surface area contributed by atoms with Gasteiger partial charge in [-0.2, -0.15) is 0 Å². The first kappa shape index (κ1) is 12.9. The molecule has 3 heteroatoms. The van der Waals surface area contributed by atoms with Crippen LogP contribution in [0, 0.1) is 0 Å². The molecule has 1 fully saturated rings. The zero-order valence-electron chi connectivity index (χ0n) is 10.7. The van der Waals surface area contributed by atoms with E-state index in [0.717, 1.165) is 13.0 Å². The Hall–Kier alpha value is -0.540. The highest BCUT2D eigenvalue weighted by Crippen LogP contribution is 2.37. The highest BCUT2D eigenvalue weighted by molar-refractivity contribution is 9.10. The molecule has 0 radical (unpaired) electrons. The minimum atomic E-state index is 0.276. The van der Waals surface area contributed by atoms with E-state index in [1.54, 1.807) is 0 Å². The molecular weight excluding hydrogens is 276 g/mol. The van der Waals surface area contributed by atoms with Gasteiger partial charge in [-0.15, -0.1) is 0 Å². The minimum Gasteiger partial charge on any atom is -0.366 e. The molecule has 0 amide bonds. The Morgan fingerprint density at radius 3 is 2.71 bits per heavy atom. The standard InChI is InChI=1S/C14H21BrN2/c1-14(2)7-3-9-17(14)13-5-4-11(6-8-16)10-12(13)15/h4-5,10H,3,6-9,16H2,1-2H3. The van der Waals surface area contributed by atoms with E-state index < -0.39 is 0 Å². The van der Waals surface area contributed by atoms with Crippen molar-refractivity contribution >= 4 is 21.6 Å². The van der Waals surface area contributed by atoms with Crippen LogP contribution in [-0.2, 0) is 6.42 Å². The maximum Gasteiger partial charge on any atom is 0.0515 e. The molecule has 1 saturated heterocycles. The van der Waals surface area contributed by atoms with E-state index in [9.17, 15) is 0 Å². The fraction of sp³-hybridized carbons (Fsp3) is 0.571. The fourth-order valence-corrected chi connectivity index (χ4v) is 3.29. The summed E-state index contributed by atoms with van der Waals surface area (Å²) >= 11 is 3.70. The number of anilines is 1. The molecular formula is C14H21BrN2. The van der Waals surface area contributed by atoms with Crippen LogP contribution in [0.15, 0.2) is 22.7 Å². The van der Waals surface area contributed by atoms with Crippen molar-refractivity contribution in [2.75, 3.05) is 18.0 Å². The minimum absolute atomic E-state index is 0.276. The molecule has 17 heavy (non-hydrogen) atoms. The molecule has 0 spiro atoms. The molecule has 2 rings (SSSR count). The molecule has 0 saturated carbocycles. The molecule has 94 valence electrons. The van der Waals surface area contributed by atoms with Gasteiger partial charge in [-0.3, -0.25) is 0 Å². The van der Waals surface area contributed by atoms with E-state index >= 15 is 0 Å². The highest BCUT2D eigenvalue weighted by Gasteiger charge is 2.32. The van der Waals surface area contributed by atoms with Crippen LogP contribution in [-0.4, -0.2) is 18.6 Å². The summed E-state index contributed by atoms with van der Waals surface area (Å²) < 4.78 is 1.19. The van der Waals surface area contributed by atoms with Gasteiger partial charge in [0.1, 0.15) is 0 Å². The van der Waals surface area contributed by atoms with Gasteiger partial charge in [-0.25, -0.2) is 0 Å². The molecule has 0 aliphatic carbocycles. The third kappa shape index (κ3) is 2.66. The monoisotopic (exact) mass is 296 g/mol. The number of hydrogen-bond donors (Lipinski definition) is 1. The average molecular weight is 297 g/mol. The lowest BCUT2D eigenvalue weighted by atomic mass is 10.0. The number of halogens is 1. The molecule has 0 aromatic heterocycles. The summed E-state index contributed by atoms with van der Waals surface area (Å²) in [4.78, 5) is 2.50. The van der Waals surface area contributed by atoms with Crippen molar-refractivity contribution in [2.45, 2.75) is 38.6 Å². The first-order valence-corrected chi connectivity index (χ1v) is 7.10. The van der Waals surface area contributed by atoms with Crippen LogP contribution in [0.2, 0.25) is 0 Å². The topological polar surface area (TPSA) is 29.3 Å². The van der Waals surface area contributed by atoms with Gasteiger partial charge in [-0.05, 0) is 73.3 Å². The predicted molar refractivity (Wildman–Crippen MR) is 77.6 cm³/mol. The third-order valence-corrected chi connectivity index (χ3v) is 4.27. The van der Waals surface area contributed by atoms with E-state index in [2.05, 4.69) is 52.9 Å². The molecule has 0 bridgehead atoms. The van der Waals surface area contributed by atoms with Crippen LogP contribution in [0.5, 0.6) is 0 Å². The maximum atomic E-state index is 5.59. The summed E-state index contributed by atoms with van der Waals surface area (Å²) in [5.74, 6) is 0. The summed E-state index contributed by atoms with van der Waals surface area (Å²) in [5.41, 5.74) is 8.48. The van der Waals surface area contributed by atoms with E-state index in [4.69, 9.17) is 5.73 Å². The largest absolute Gasteiger partial charge is 0.366 e. The van der Waals surface area contributed by atoms with Gasteiger partial charge in [0, 0.05) is 16.6 Å². The summed E-state index contributed by atoms with van der Waals surface area (Å²) in [7, 11) is 0. The zero-order chi connectivity index (χ0) is 12.5. The van der Waals surface area contributed by atoms with Crippen molar-refractivity contribution in [1.29, 1.82) is 0 Å². The van der Waals surface area contributed by atoms with Crippen molar-refractivity contribution < 1.29 is 0 Å². The second kappa shape index (κ2) is 4.99. The van der Waals surface area contributed by atoms with Crippen molar-refractivity contribution in [3.05, 3.63) is 28.2 Å². The maximum absolute atomic E-state index is 5.59.